The zero-order valence-electron chi connectivity index (χ0n) is 13.2. The third-order valence-electron chi connectivity index (χ3n) is 3.05. The van der Waals surface area contributed by atoms with Crippen LogP contribution in [0, 0.1) is 0 Å². The molecule has 0 spiro atoms. The van der Waals surface area contributed by atoms with E-state index in [1.54, 1.807) is 30.3 Å². The van der Waals surface area contributed by atoms with Crippen molar-refractivity contribution in [3.63, 3.8) is 0 Å². The van der Waals surface area contributed by atoms with Crippen LogP contribution in [0.2, 0.25) is 0 Å². The summed E-state index contributed by atoms with van der Waals surface area (Å²) >= 11 is 3.40. The summed E-state index contributed by atoms with van der Waals surface area (Å²) in [5, 5.41) is 4.00. The zero-order valence-corrected chi connectivity index (χ0v) is 14.7. The number of benzene rings is 2. The molecular formula is C18H17BrN2O3. The van der Waals surface area contributed by atoms with Crippen LogP contribution in [0.4, 0.5) is 0 Å². The summed E-state index contributed by atoms with van der Waals surface area (Å²) < 4.78 is 11.6. The van der Waals surface area contributed by atoms with Gasteiger partial charge in [-0.1, -0.05) is 40.7 Å². The van der Waals surface area contributed by atoms with Gasteiger partial charge in [0, 0.05) is 10.0 Å². The number of para-hydroxylation sites is 1. The van der Waals surface area contributed by atoms with Crippen LogP contribution in [0.15, 0.2) is 64.7 Å². The number of hydrogen-bond donors (Lipinski definition) is 1. The molecule has 0 aliphatic heterocycles. The summed E-state index contributed by atoms with van der Waals surface area (Å²) in [6, 6.07) is 12.5. The number of ether oxygens (including phenoxy) is 2. The monoisotopic (exact) mass is 388 g/mol. The van der Waals surface area contributed by atoms with E-state index in [9.17, 15) is 4.79 Å². The van der Waals surface area contributed by atoms with E-state index in [4.69, 9.17) is 9.47 Å². The van der Waals surface area contributed by atoms with E-state index in [1.165, 1.54) is 13.3 Å². The Morgan fingerprint density at radius 3 is 2.83 bits per heavy atom. The Bertz CT molecular complexity index is 760. The quantitative estimate of drug-likeness (QED) is 0.445. The van der Waals surface area contributed by atoms with Crippen LogP contribution in [0.25, 0.3) is 0 Å². The molecular weight excluding hydrogens is 372 g/mol. The Morgan fingerprint density at radius 2 is 2.08 bits per heavy atom. The predicted octanol–water partition coefficient (Wildman–Crippen LogP) is 3.79. The minimum absolute atomic E-state index is 0.354. The van der Waals surface area contributed by atoms with Gasteiger partial charge in [-0.3, -0.25) is 4.79 Å². The van der Waals surface area contributed by atoms with E-state index in [-0.39, 0.29) is 5.91 Å². The number of nitrogens with zero attached hydrogens (tertiary/aromatic N) is 1. The van der Waals surface area contributed by atoms with Crippen LogP contribution in [0.1, 0.15) is 15.9 Å². The number of methoxy groups -OCH3 is 1. The lowest BCUT2D eigenvalue weighted by Crippen LogP contribution is -2.18. The standard InChI is InChI=1S/C18H17BrN2O3/c1-3-10-24-16-9-8-14(19)11-13(16)12-20-21-18(22)15-6-4-5-7-17(15)23-2/h3-9,11-12H,1,10H2,2H3,(H,21,22)/b20-12+. The van der Waals surface area contributed by atoms with E-state index in [0.717, 1.165) is 10.0 Å². The first-order valence-electron chi connectivity index (χ1n) is 7.15. The molecule has 0 bridgehead atoms. The Labute approximate surface area is 149 Å². The summed E-state index contributed by atoms with van der Waals surface area (Å²) in [6.45, 7) is 4.01. The van der Waals surface area contributed by atoms with Gasteiger partial charge in [0.15, 0.2) is 0 Å². The van der Waals surface area contributed by atoms with Crippen molar-refractivity contribution in [3.8, 4) is 11.5 Å². The highest BCUT2D eigenvalue weighted by Crippen LogP contribution is 2.22. The Balaban J connectivity index is 2.12. The van der Waals surface area contributed by atoms with Crippen LogP contribution in [0.3, 0.4) is 0 Å². The Morgan fingerprint density at radius 1 is 1.29 bits per heavy atom. The number of halogens is 1. The Hall–Kier alpha value is -2.60. The molecule has 0 saturated heterocycles. The average Bonchev–Trinajstić information content (AvgIpc) is 2.61. The van der Waals surface area contributed by atoms with Crippen LogP contribution in [-0.2, 0) is 0 Å². The summed E-state index contributed by atoms with van der Waals surface area (Å²) in [5.74, 6) is 0.781. The van der Waals surface area contributed by atoms with E-state index in [1.807, 2.05) is 18.2 Å². The number of carbonyl (C=O) groups is 1. The molecule has 0 atom stereocenters. The molecule has 0 aromatic heterocycles. The van der Waals surface area contributed by atoms with Crippen molar-refractivity contribution < 1.29 is 14.3 Å². The lowest BCUT2D eigenvalue weighted by Gasteiger charge is -2.08. The van der Waals surface area contributed by atoms with Gasteiger partial charge in [0.25, 0.3) is 5.91 Å². The van der Waals surface area contributed by atoms with E-state index in [0.29, 0.717) is 23.7 Å². The summed E-state index contributed by atoms with van der Waals surface area (Å²) in [6.07, 6.45) is 3.18. The zero-order chi connectivity index (χ0) is 17.4. The van der Waals surface area contributed by atoms with Crippen LogP contribution in [-0.4, -0.2) is 25.8 Å². The van der Waals surface area contributed by atoms with Crippen LogP contribution < -0.4 is 14.9 Å². The largest absolute Gasteiger partial charge is 0.496 e. The fourth-order valence-corrected chi connectivity index (χ4v) is 2.33. The van der Waals surface area contributed by atoms with Crippen molar-refractivity contribution in [1.82, 2.24) is 5.43 Å². The number of amides is 1. The molecule has 0 saturated carbocycles. The van der Waals surface area contributed by atoms with Crippen LogP contribution in [0.5, 0.6) is 11.5 Å². The van der Waals surface area contributed by atoms with E-state index in [2.05, 4.69) is 33.0 Å². The second-order valence-electron chi connectivity index (χ2n) is 4.68. The molecule has 24 heavy (non-hydrogen) atoms. The molecule has 0 unspecified atom stereocenters. The highest BCUT2D eigenvalue weighted by molar-refractivity contribution is 9.10. The molecule has 5 nitrogen and oxygen atoms in total. The second-order valence-corrected chi connectivity index (χ2v) is 5.60. The molecule has 2 aromatic carbocycles. The minimum Gasteiger partial charge on any atom is -0.496 e. The fraction of sp³-hybridized carbons (Fsp3) is 0.111. The van der Waals surface area contributed by atoms with Crippen molar-refractivity contribution in [1.29, 1.82) is 0 Å². The number of rotatable bonds is 7. The molecule has 1 N–H and O–H groups in total. The van der Waals surface area contributed by atoms with Gasteiger partial charge in [-0.15, -0.1) is 0 Å². The molecule has 0 heterocycles. The summed E-state index contributed by atoms with van der Waals surface area (Å²) in [4.78, 5) is 12.2. The normalized spacial score (nSPS) is 10.4. The lowest BCUT2D eigenvalue weighted by molar-refractivity contribution is 0.0952. The van der Waals surface area contributed by atoms with Gasteiger partial charge < -0.3 is 9.47 Å². The fourth-order valence-electron chi connectivity index (χ4n) is 1.95. The second kappa shape index (κ2) is 8.88. The van der Waals surface area contributed by atoms with Crippen molar-refractivity contribution in [2.75, 3.05) is 13.7 Å². The SMILES string of the molecule is C=CCOc1ccc(Br)cc1/C=N/NC(=O)c1ccccc1OC. The number of nitrogens with one attached hydrogen (secondary N) is 1. The first kappa shape index (κ1) is 17.7. The Kier molecular flexibility index (Phi) is 6.57. The molecule has 1 amide bonds. The van der Waals surface area contributed by atoms with Gasteiger partial charge in [-0.05, 0) is 30.3 Å². The average molecular weight is 389 g/mol. The maximum atomic E-state index is 12.2. The molecule has 2 rings (SSSR count). The first-order valence-corrected chi connectivity index (χ1v) is 7.94. The van der Waals surface area contributed by atoms with Crippen molar-refractivity contribution in [2.24, 2.45) is 5.10 Å². The third-order valence-corrected chi connectivity index (χ3v) is 3.54. The molecule has 0 fully saturated rings. The minimum atomic E-state index is -0.354. The third kappa shape index (κ3) is 4.70. The van der Waals surface area contributed by atoms with Crippen molar-refractivity contribution in [3.05, 3.63) is 70.7 Å². The van der Waals surface area contributed by atoms with Crippen molar-refractivity contribution in [2.45, 2.75) is 0 Å². The van der Waals surface area contributed by atoms with Gasteiger partial charge in [0.05, 0.1) is 18.9 Å². The van der Waals surface area contributed by atoms with E-state index >= 15 is 0 Å². The number of hydrazone groups is 1. The van der Waals surface area contributed by atoms with Gasteiger partial charge >= 0.3 is 0 Å². The number of carbonyl (C=O) groups excluding carboxylic acids is 1. The maximum Gasteiger partial charge on any atom is 0.275 e. The topological polar surface area (TPSA) is 59.9 Å². The van der Waals surface area contributed by atoms with Gasteiger partial charge in [0.2, 0.25) is 0 Å². The summed E-state index contributed by atoms with van der Waals surface area (Å²) in [7, 11) is 1.51. The highest BCUT2D eigenvalue weighted by Gasteiger charge is 2.10. The molecule has 124 valence electrons. The molecule has 0 radical (unpaired) electrons. The molecule has 6 heteroatoms. The summed E-state index contributed by atoms with van der Waals surface area (Å²) in [5.41, 5.74) is 3.62. The van der Waals surface area contributed by atoms with Gasteiger partial charge in [-0.25, -0.2) is 5.43 Å². The predicted molar refractivity (Wildman–Crippen MR) is 97.9 cm³/mol. The number of hydrogen-bond acceptors (Lipinski definition) is 4. The molecule has 2 aromatic rings. The van der Waals surface area contributed by atoms with Crippen molar-refractivity contribution >= 4 is 28.1 Å². The highest BCUT2D eigenvalue weighted by atomic mass is 79.9. The lowest BCUT2D eigenvalue weighted by atomic mass is 10.2. The smallest absolute Gasteiger partial charge is 0.275 e. The van der Waals surface area contributed by atoms with Gasteiger partial charge in [-0.2, -0.15) is 5.10 Å². The molecule has 0 aliphatic carbocycles. The van der Waals surface area contributed by atoms with E-state index < -0.39 is 0 Å². The first-order chi connectivity index (χ1) is 11.7. The van der Waals surface area contributed by atoms with Crippen LogP contribution >= 0.6 is 15.9 Å². The maximum absolute atomic E-state index is 12.2. The molecule has 0 aliphatic rings. The van der Waals surface area contributed by atoms with Gasteiger partial charge in [0.1, 0.15) is 18.1 Å².